The van der Waals surface area contributed by atoms with Crippen molar-refractivity contribution in [1.82, 2.24) is 29.7 Å². The first-order valence-corrected chi connectivity index (χ1v) is 7.95. The standard InChI is InChI=1S/C14H20N6OS/c1-11(12-4-5-15-10-18-12)20(3)13(21)16-7-9-22-14-17-6-8-19(14)2/h4-6,8,10-11H,7,9H2,1-3H3,(H,16,21)/t11-/m1/s1. The number of urea groups is 1. The number of hydrogen-bond donors (Lipinski definition) is 1. The third-order valence-corrected chi connectivity index (χ3v) is 4.38. The molecule has 1 N–H and O–H groups in total. The molecule has 0 unspecified atom stereocenters. The predicted molar refractivity (Wildman–Crippen MR) is 85.5 cm³/mol. The summed E-state index contributed by atoms with van der Waals surface area (Å²) in [4.78, 5) is 26.0. The topological polar surface area (TPSA) is 75.9 Å². The van der Waals surface area contributed by atoms with Crippen LogP contribution in [0.5, 0.6) is 0 Å². The first-order valence-electron chi connectivity index (χ1n) is 6.96. The van der Waals surface area contributed by atoms with Gasteiger partial charge in [-0.25, -0.2) is 19.7 Å². The number of carbonyl (C=O) groups is 1. The van der Waals surface area contributed by atoms with E-state index in [-0.39, 0.29) is 12.1 Å². The Kier molecular flexibility index (Phi) is 5.76. The maximum atomic E-state index is 12.1. The van der Waals surface area contributed by atoms with E-state index in [1.54, 1.807) is 36.1 Å². The number of aromatic nitrogens is 4. The summed E-state index contributed by atoms with van der Waals surface area (Å²) in [6, 6.07) is 1.59. The molecule has 7 nitrogen and oxygen atoms in total. The number of aryl methyl sites for hydroxylation is 1. The van der Waals surface area contributed by atoms with Crippen LogP contribution in [0, 0.1) is 0 Å². The van der Waals surface area contributed by atoms with E-state index in [4.69, 9.17) is 0 Å². The Hall–Kier alpha value is -2.09. The molecular formula is C14H20N6OS. The number of nitrogens with zero attached hydrogens (tertiary/aromatic N) is 5. The molecule has 1 atom stereocenters. The van der Waals surface area contributed by atoms with Crippen molar-refractivity contribution in [3.8, 4) is 0 Å². The fraction of sp³-hybridized carbons (Fsp3) is 0.429. The minimum atomic E-state index is -0.119. The van der Waals surface area contributed by atoms with E-state index in [1.807, 2.05) is 30.8 Å². The van der Waals surface area contributed by atoms with Gasteiger partial charge in [-0.3, -0.25) is 0 Å². The first kappa shape index (κ1) is 16.3. The largest absolute Gasteiger partial charge is 0.337 e. The second kappa shape index (κ2) is 7.79. The molecule has 2 aromatic rings. The third kappa shape index (κ3) is 4.20. The van der Waals surface area contributed by atoms with E-state index in [2.05, 4.69) is 20.3 Å². The van der Waals surface area contributed by atoms with Crippen LogP contribution in [-0.4, -0.2) is 49.8 Å². The number of amides is 2. The number of thioether (sulfide) groups is 1. The average Bonchev–Trinajstić information content (AvgIpc) is 2.96. The van der Waals surface area contributed by atoms with Crippen LogP contribution in [0.15, 0.2) is 36.1 Å². The van der Waals surface area contributed by atoms with Crippen molar-refractivity contribution in [2.75, 3.05) is 19.3 Å². The molecule has 0 saturated carbocycles. The molecule has 22 heavy (non-hydrogen) atoms. The van der Waals surface area contributed by atoms with Crippen molar-refractivity contribution in [3.05, 3.63) is 36.7 Å². The highest BCUT2D eigenvalue weighted by Gasteiger charge is 2.17. The quantitative estimate of drug-likeness (QED) is 0.648. The third-order valence-electron chi connectivity index (χ3n) is 3.32. The van der Waals surface area contributed by atoms with Gasteiger partial charge in [-0.15, -0.1) is 0 Å². The fourth-order valence-corrected chi connectivity index (χ4v) is 2.62. The number of hydrogen-bond acceptors (Lipinski definition) is 5. The van der Waals surface area contributed by atoms with E-state index >= 15 is 0 Å². The lowest BCUT2D eigenvalue weighted by molar-refractivity contribution is 0.194. The van der Waals surface area contributed by atoms with Gasteiger partial charge in [0.05, 0.1) is 11.7 Å². The molecule has 2 amide bonds. The molecule has 2 aromatic heterocycles. The molecule has 0 saturated heterocycles. The summed E-state index contributed by atoms with van der Waals surface area (Å²) in [7, 11) is 3.71. The van der Waals surface area contributed by atoms with Gasteiger partial charge in [0.1, 0.15) is 6.33 Å². The minimum absolute atomic E-state index is 0.106. The Morgan fingerprint density at radius 3 is 2.91 bits per heavy atom. The van der Waals surface area contributed by atoms with Crippen molar-refractivity contribution >= 4 is 17.8 Å². The lowest BCUT2D eigenvalue weighted by Gasteiger charge is -2.24. The van der Waals surface area contributed by atoms with Crippen LogP contribution >= 0.6 is 11.8 Å². The summed E-state index contributed by atoms with van der Waals surface area (Å²) in [5.74, 6) is 0.770. The van der Waals surface area contributed by atoms with Gasteiger partial charge in [0, 0.05) is 45.0 Å². The number of imidazole rings is 1. The highest BCUT2D eigenvalue weighted by molar-refractivity contribution is 7.99. The van der Waals surface area contributed by atoms with Crippen LogP contribution < -0.4 is 5.32 Å². The molecule has 0 fully saturated rings. The molecule has 0 radical (unpaired) electrons. The van der Waals surface area contributed by atoms with Crippen molar-refractivity contribution in [2.45, 2.75) is 18.1 Å². The van der Waals surface area contributed by atoms with Gasteiger partial charge in [-0.2, -0.15) is 0 Å². The first-order chi connectivity index (χ1) is 10.6. The smallest absolute Gasteiger partial charge is 0.317 e. The zero-order chi connectivity index (χ0) is 15.9. The van der Waals surface area contributed by atoms with Crippen molar-refractivity contribution < 1.29 is 4.79 Å². The lowest BCUT2D eigenvalue weighted by Crippen LogP contribution is -2.39. The van der Waals surface area contributed by atoms with Gasteiger partial charge < -0.3 is 14.8 Å². The van der Waals surface area contributed by atoms with E-state index in [1.165, 1.54) is 6.33 Å². The van der Waals surface area contributed by atoms with Crippen LogP contribution in [0.1, 0.15) is 18.7 Å². The highest BCUT2D eigenvalue weighted by atomic mass is 32.2. The van der Waals surface area contributed by atoms with E-state index < -0.39 is 0 Å². The van der Waals surface area contributed by atoms with Gasteiger partial charge in [-0.05, 0) is 13.0 Å². The van der Waals surface area contributed by atoms with Crippen molar-refractivity contribution in [2.24, 2.45) is 7.05 Å². The van der Waals surface area contributed by atoms with E-state index in [0.717, 1.165) is 16.6 Å². The lowest BCUT2D eigenvalue weighted by atomic mass is 10.2. The van der Waals surface area contributed by atoms with E-state index in [0.29, 0.717) is 6.54 Å². The molecule has 0 aliphatic heterocycles. The van der Waals surface area contributed by atoms with Gasteiger partial charge in [-0.1, -0.05) is 11.8 Å². The summed E-state index contributed by atoms with van der Waals surface area (Å²) in [6.07, 6.45) is 6.82. The van der Waals surface area contributed by atoms with Crippen molar-refractivity contribution in [3.63, 3.8) is 0 Å². The molecule has 8 heteroatoms. The van der Waals surface area contributed by atoms with Crippen LogP contribution in [0.4, 0.5) is 4.79 Å². The van der Waals surface area contributed by atoms with Crippen LogP contribution in [0.3, 0.4) is 0 Å². The zero-order valence-corrected chi connectivity index (χ0v) is 13.7. The number of rotatable bonds is 6. The summed E-state index contributed by atoms with van der Waals surface area (Å²) in [6.45, 7) is 2.52. The average molecular weight is 320 g/mol. The van der Waals surface area contributed by atoms with Crippen LogP contribution in [0.2, 0.25) is 0 Å². The monoisotopic (exact) mass is 320 g/mol. The summed E-state index contributed by atoms with van der Waals surface area (Å²) in [5.41, 5.74) is 0.815. The summed E-state index contributed by atoms with van der Waals surface area (Å²) >= 11 is 1.61. The van der Waals surface area contributed by atoms with Crippen molar-refractivity contribution in [1.29, 1.82) is 0 Å². The van der Waals surface area contributed by atoms with Gasteiger partial charge >= 0.3 is 6.03 Å². The summed E-state index contributed by atoms with van der Waals surface area (Å²) < 4.78 is 1.95. The maximum Gasteiger partial charge on any atom is 0.317 e. The molecule has 0 spiro atoms. The molecule has 0 bridgehead atoms. The second-order valence-electron chi connectivity index (χ2n) is 4.82. The van der Waals surface area contributed by atoms with Gasteiger partial charge in [0.25, 0.3) is 0 Å². The van der Waals surface area contributed by atoms with Crippen LogP contribution in [-0.2, 0) is 7.05 Å². The van der Waals surface area contributed by atoms with E-state index in [9.17, 15) is 4.79 Å². The zero-order valence-electron chi connectivity index (χ0n) is 12.9. The SMILES string of the molecule is C[C@H](c1ccncn1)N(C)C(=O)NCCSc1nccn1C. The van der Waals surface area contributed by atoms with Crippen LogP contribution in [0.25, 0.3) is 0 Å². The highest BCUT2D eigenvalue weighted by Crippen LogP contribution is 2.16. The Morgan fingerprint density at radius 1 is 1.45 bits per heavy atom. The Balaban J connectivity index is 1.76. The second-order valence-corrected chi connectivity index (χ2v) is 5.88. The molecule has 118 valence electrons. The molecule has 2 rings (SSSR count). The minimum Gasteiger partial charge on any atom is -0.337 e. The van der Waals surface area contributed by atoms with Gasteiger partial charge in [0.2, 0.25) is 0 Å². The Morgan fingerprint density at radius 2 is 2.27 bits per heavy atom. The normalized spacial score (nSPS) is 12.0. The molecular weight excluding hydrogens is 300 g/mol. The fourth-order valence-electron chi connectivity index (χ4n) is 1.84. The van der Waals surface area contributed by atoms with Gasteiger partial charge in [0.15, 0.2) is 5.16 Å². The number of carbonyl (C=O) groups excluding carboxylic acids is 1. The predicted octanol–water partition coefficient (Wildman–Crippen LogP) is 1.70. The Bertz CT molecular complexity index is 602. The molecule has 0 aliphatic rings. The number of nitrogens with one attached hydrogen (secondary N) is 1. The Labute approximate surface area is 134 Å². The maximum absolute atomic E-state index is 12.1. The molecule has 0 aromatic carbocycles. The molecule has 0 aliphatic carbocycles. The summed E-state index contributed by atoms with van der Waals surface area (Å²) in [5, 5.41) is 3.84. The molecule has 2 heterocycles.